The lowest BCUT2D eigenvalue weighted by molar-refractivity contribution is -0.140. The maximum Gasteiger partial charge on any atom is 0.305 e. The SMILES string of the molecule is C#CCCC#CCCCC.C#CCCCC(=O)OC.C#CCCCCC#C.C#CCCCCCCCC.C#CCCCCCO.C#CCCCCCl.C#CCCCOC(C)C. The fraction of sp³-hybridized carbons (Fsp3) is 0.661. The average Bonchev–Trinajstić information content (AvgIpc) is 3.27. The van der Waals surface area contributed by atoms with Gasteiger partial charge in [0.1, 0.15) is 0 Å². The number of carbonyl (C=O) groups is 1. The van der Waals surface area contributed by atoms with Crippen LogP contribution in [0.25, 0.3) is 0 Å². The summed E-state index contributed by atoms with van der Waals surface area (Å²) in [6, 6.07) is 0. The topological polar surface area (TPSA) is 55.8 Å². The van der Waals surface area contributed by atoms with Crippen LogP contribution in [0.15, 0.2) is 0 Å². The van der Waals surface area contributed by atoms with Crippen LogP contribution in [0.4, 0.5) is 0 Å². The standard InChI is InChI=1S/C10H18.C10H14.C8H14O.C8H10.C7H10O2.C7H12O.C6H9Cl/c2*1-3-5-7-9-10-8-6-4-2;1-4-5-6-7-9-8(2)3;1-3-5-7-8-6-4-2;1-3-4-5-6-7(8)9-2;1-2-3-4-5-6-7-8;1-2-3-4-5-6-7/h1H,4-10H2,2H3;1H,4-8H2,2H3;1,8H,5-7H2,2-3H3;1-2H,5-8H2;1H,4-6H2,2H3;1,8H,3-7H2;1H,3-6H2. The van der Waals surface area contributed by atoms with E-state index in [1.165, 1.54) is 58.5 Å². The zero-order valence-electron chi connectivity index (χ0n) is 39.7. The van der Waals surface area contributed by atoms with Gasteiger partial charge >= 0.3 is 5.97 Å². The molecule has 0 heterocycles. The lowest BCUT2D eigenvalue weighted by Crippen LogP contribution is -2.03. The number of alkyl halides is 1. The molecule has 0 aromatic rings. The van der Waals surface area contributed by atoms with Crippen LogP contribution in [0.1, 0.15) is 207 Å². The Kier molecular flexibility index (Phi) is 97.4. The first kappa shape index (κ1) is 71.2. The van der Waals surface area contributed by atoms with Crippen LogP contribution in [0, 0.1) is 111 Å². The van der Waals surface area contributed by atoms with Crippen molar-refractivity contribution in [1.82, 2.24) is 0 Å². The van der Waals surface area contributed by atoms with Crippen molar-refractivity contribution in [3.63, 3.8) is 0 Å². The molecular weight excluding hydrogens is 772 g/mol. The number of aliphatic hydroxyl groups is 1. The molecule has 342 valence electrons. The molecule has 0 aliphatic rings. The summed E-state index contributed by atoms with van der Waals surface area (Å²) < 4.78 is 9.64. The average molecular weight is 860 g/mol. The van der Waals surface area contributed by atoms with Crippen LogP contribution in [-0.2, 0) is 14.3 Å². The first-order valence-electron chi connectivity index (χ1n) is 22.4. The maximum atomic E-state index is 10.4. The van der Waals surface area contributed by atoms with Gasteiger partial charge in [-0.15, -0.1) is 122 Å². The smallest absolute Gasteiger partial charge is 0.305 e. The molecule has 0 atom stereocenters. The molecule has 0 aromatic heterocycles. The van der Waals surface area contributed by atoms with Crippen LogP contribution in [0.2, 0.25) is 0 Å². The van der Waals surface area contributed by atoms with E-state index in [2.05, 4.69) is 77.8 Å². The number of hydrogen-bond acceptors (Lipinski definition) is 4. The first-order chi connectivity index (χ1) is 29.6. The van der Waals surface area contributed by atoms with Crippen molar-refractivity contribution in [3.8, 4) is 111 Å². The lowest BCUT2D eigenvalue weighted by Gasteiger charge is -2.04. The van der Waals surface area contributed by atoms with Gasteiger partial charge in [-0.05, 0) is 78.1 Å². The molecule has 0 bridgehead atoms. The monoisotopic (exact) mass is 859 g/mol. The molecule has 0 spiro atoms. The molecule has 0 fully saturated rings. The number of ether oxygens (including phenoxy) is 2. The molecule has 0 aliphatic heterocycles. The summed E-state index contributed by atoms with van der Waals surface area (Å²) in [7, 11) is 1.37. The van der Waals surface area contributed by atoms with E-state index in [4.69, 9.17) is 72.8 Å². The summed E-state index contributed by atoms with van der Waals surface area (Å²) in [5, 5.41) is 8.31. The van der Waals surface area contributed by atoms with E-state index < -0.39 is 0 Å². The second-order valence-corrected chi connectivity index (χ2v) is 13.8. The largest absolute Gasteiger partial charge is 0.469 e. The maximum absolute atomic E-state index is 10.4. The third-order valence-electron chi connectivity index (χ3n) is 7.27. The number of unbranched alkanes of at least 4 members (excludes halogenated alkanes) is 19. The molecule has 0 saturated carbocycles. The predicted molar refractivity (Wildman–Crippen MR) is 270 cm³/mol. The van der Waals surface area contributed by atoms with Crippen LogP contribution in [0.5, 0.6) is 0 Å². The van der Waals surface area contributed by atoms with Crippen LogP contribution in [0.3, 0.4) is 0 Å². The van der Waals surface area contributed by atoms with Gasteiger partial charge in [0.2, 0.25) is 0 Å². The molecule has 61 heavy (non-hydrogen) atoms. The molecule has 0 rings (SSSR count). The number of esters is 1. The molecule has 0 aromatic carbocycles. The van der Waals surface area contributed by atoms with E-state index in [9.17, 15) is 4.79 Å². The van der Waals surface area contributed by atoms with Gasteiger partial charge < -0.3 is 14.6 Å². The number of hydrogen-bond donors (Lipinski definition) is 1. The van der Waals surface area contributed by atoms with Crippen molar-refractivity contribution >= 4 is 17.6 Å². The van der Waals surface area contributed by atoms with Crippen molar-refractivity contribution in [3.05, 3.63) is 0 Å². The van der Waals surface area contributed by atoms with E-state index in [-0.39, 0.29) is 5.97 Å². The van der Waals surface area contributed by atoms with E-state index in [0.29, 0.717) is 25.6 Å². The Morgan fingerprint density at radius 1 is 0.492 bits per heavy atom. The summed E-state index contributed by atoms with van der Waals surface area (Å²) in [6.45, 7) is 9.54. The summed E-state index contributed by atoms with van der Waals surface area (Å²) in [5.74, 6) is 27.1. The normalized spacial score (nSPS) is 8.33. The van der Waals surface area contributed by atoms with Gasteiger partial charge in [0.05, 0.1) is 13.2 Å². The molecule has 1 N–H and O–H groups in total. The Bertz CT molecular complexity index is 1230. The highest BCUT2D eigenvalue weighted by Gasteiger charge is 1.96. The number of aliphatic hydroxyl groups excluding tert-OH is 1. The first-order valence-corrected chi connectivity index (χ1v) is 23.0. The molecule has 0 unspecified atom stereocenters. The van der Waals surface area contributed by atoms with Crippen molar-refractivity contribution in [2.24, 2.45) is 0 Å². The van der Waals surface area contributed by atoms with Crippen molar-refractivity contribution < 1.29 is 19.4 Å². The number of terminal acetylenes is 8. The van der Waals surface area contributed by atoms with Gasteiger partial charge in [-0.25, -0.2) is 0 Å². The quantitative estimate of drug-likeness (QED) is 0.0407. The van der Waals surface area contributed by atoms with Gasteiger partial charge in [-0.3, -0.25) is 4.79 Å². The molecule has 0 saturated heterocycles. The van der Waals surface area contributed by atoms with Gasteiger partial charge in [-0.1, -0.05) is 58.8 Å². The van der Waals surface area contributed by atoms with E-state index in [1.54, 1.807) is 0 Å². The van der Waals surface area contributed by atoms with E-state index >= 15 is 0 Å². The molecule has 5 heteroatoms. The molecule has 4 nitrogen and oxygen atoms in total. The zero-order chi connectivity index (χ0) is 47.6. The van der Waals surface area contributed by atoms with Crippen LogP contribution in [-0.4, -0.2) is 43.4 Å². The minimum Gasteiger partial charge on any atom is -0.469 e. The van der Waals surface area contributed by atoms with E-state index in [1.807, 2.05) is 13.8 Å². The van der Waals surface area contributed by atoms with Crippen molar-refractivity contribution in [2.45, 2.75) is 214 Å². The molecule has 0 radical (unpaired) electrons. The summed E-state index contributed by atoms with van der Waals surface area (Å²) >= 11 is 5.37. The Labute approximate surface area is 385 Å². The Hall–Kier alpha value is -4.28. The zero-order valence-corrected chi connectivity index (χ0v) is 40.4. The highest BCUT2D eigenvalue weighted by atomic mass is 35.5. The lowest BCUT2D eigenvalue weighted by atomic mass is 10.1. The Balaban J connectivity index is -0.000000112. The summed E-state index contributed by atoms with van der Waals surface area (Å²) in [5.41, 5.74) is 0. The second kappa shape index (κ2) is 83.4. The minimum absolute atomic E-state index is 0.190. The minimum atomic E-state index is -0.190. The van der Waals surface area contributed by atoms with Gasteiger partial charge in [0.25, 0.3) is 0 Å². The van der Waals surface area contributed by atoms with Crippen molar-refractivity contribution in [1.29, 1.82) is 0 Å². The number of carbonyl (C=O) groups excluding carboxylic acids is 1. The van der Waals surface area contributed by atoms with Crippen LogP contribution < -0.4 is 0 Å². The highest BCUT2D eigenvalue weighted by Crippen LogP contribution is 2.06. The van der Waals surface area contributed by atoms with Gasteiger partial charge in [0.15, 0.2) is 0 Å². The summed E-state index contributed by atoms with van der Waals surface area (Å²) in [4.78, 5) is 10.4. The van der Waals surface area contributed by atoms with Gasteiger partial charge in [0, 0.05) is 89.7 Å². The Morgan fingerprint density at radius 3 is 1.28 bits per heavy atom. The number of methoxy groups -OCH3 is 1. The highest BCUT2D eigenvalue weighted by molar-refractivity contribution is 6.17. The van der Waals surface area contributed by atoms with Gasteiger partial charge in [-0.2, -0.15) is 0 Å². The predicted octanol–water partition coefficient (Wildman–Crippen LogP) is 13.8. The fourth-order valence-electron chi connectivity index (χ4n) is 3.81. The van der Waals surface area contributed by atoms with E-state index in [0.717, 1.165) is 128 Å². The van der Waals surface area contributed by atoms with Crippen LogP contribution >= 0.6 is 11.6 Å². The van der Waals surface area contributed by atoms with Crippen molar-refractivity contribution in [2.75, 3.05) is 26.2 Å². The number of halogens is 1. The number of rotatable bonds is 26. The fourth-order valence-corrected chi connectivity index (χ4v) is 3.99. The summed E-state index contributed by atoms with van der Waals surface area (Å²) in [6.07, 6.45) is 68.9. The molecular formula is C56H87ClO4. The molecule has 0 amide bonds. The third-order valence-corrected chi connectivity index (χ3v) is 7.54. The molecule has 0 aliphatic carbocycles. The third kappa shape index (κ3) is 119. The second-order valence-electron chi connectivity index (χ2n) is 13.4. The Morgan fingerprint density at radius 2 is 0.869 bits per heavy atom.